The lowest BCUT2D eigenvalue weighted by Gasteiger charge is -2.56. The summed E-state index contributed by atoms with van der Waals surface area (Å²) >= 11 is 0. The molecule has 2 heteroatoms. The van der Waals surface area contributed by atoms with E-state index in [1.807, 2.05) is 6.92 Å². The second kappa shape index (κ2) is 4.49. The molecule has 1 aromatic carbocycles. The molecule has 4 aliphatic carbocycles. The Kier molecular flexibility index (Phi) is 2.85. The molecule has 5 rings (SSSR count). The summed E-state index contributed by atoms with van der Waals surface area (Å²) in [6.07, 6.45) is 8.22. The van der Waals surface area contributed by atoms with E-state index < -0.39 is 0 Å². The molecule has 108 valence electrons. The van der Waals surface area contributed by atoms with Crippen molar-refractivity contribution in [2.24, 2.45) is 23.5 Å². The van der Waals surface area contributed by atoms with E-state index >= 15 is 0 Å². The molecule has 0 amide bonds. The van der Waals surface area contributed by atoms with Crippen LogP contribution in [0.1, 0.15) is 57.1 Å². The number of hydrogen-bond acceptors (Lipinski definition) is 2. The molecule has 4 bridgehead atoms. The molecule has 4 fully saturated rings. The maximum atomic E-state index is 6.55. The number of hydrogen-bond donors (Lipinski definition) is 1. The first kappa shape index (κ1) is 12.7. The Balaban J connectivity index is 1.58. The predicted octanol–water partition coefficient (Wildman–Crippen LogP) is 4.05. The number of ether oxygens (including phenoxy) is 1. The van der Waals surface area contributed by atoms with Crippen molar-refractivity contribution in [2.45, 2.75) is 57.1 Å². The minimum atomic E-state index is 0.0786. The fourth-order valence-corrected chi connectivity index (χ4v) is 5.27. The van der Waals surface area contributed by atoms with Crippen LogP contribution in [-0.4, -0.2) is 5.60 Å². The van der Waals surface area contributed by atoms with Crippen LogP contribution in [0.2, 0.25) is 0 Å². The van der Waals surface area contributed by atoms with E-state index in [9.17, 15) is 0 Å². The minimum absolute atomic E-state index is 0.0786. The van der Waals surface area contributed by atoms with Crippen molar-refractivity contribution in [2.75, 3.05) is 0 Å². The fourth-order valence-electron chi connectivity index (χ4n) is 5.27. The van der Waals surface area contributed by atoms with Crippen LogP contribution in [-0.2, 0) is 0 Å². The van der Waals surface area contributed by atoms with Crippen LogP contribution >= 0.6 is 0 Å². The van der Waals surface area contributed by atoms with Crippen LogP contribution in [0, 0.1) is 17.8 Å². The second-order valence-electron chi connectivity index (χ2n) is 7.56. The van der Waals surface area contributed by atoms with E-state index in [2.05, 4.69) is 24.3 Å². The normalized spacial score (nSPS) is 39.8. The highest BCUT2D eigenvalue weighted by Crippen LogP contribution is 2.57. The van der Waals surface area contributed by atoms with Gasteiger partial charge >= 0.3 is 0 Å². The molecule has 0 saturated heterocycles. The molecule has 20 heavy (non-hydrogen) atoms. The lowest BCUT2D eigenvalue weighted by Crippen LogP contribution is -2.53. The van der Waals surface area contributed by atoms with Gasteiger partial charge in [-0.15, -0.1) is 0 Å². The molecule has 0 aliphatic heterocycles. The number of rotatable bonds is 3. The lowest BCUT2D eigenvalue weighted by atomic mass is 9.54. The summed E-state index contributed by atoms with van der Waals surface area (Å²) in [5, 5.41) is 0. The maximum absolute atomic E-state index is 6.55. The van der Waals surface area contributed by atoms with Crippen LogP contribution in [0.4, 0.5) is 0 Å². The van der Waals surface area contributed by atoms with Gasteiger partial charge in [-0.3, -0.25) is 0 Å². The van der Waals surface area contributed by atoms with E-state index in [1.165, 1.54) is 44.1 Å². The van der Waals surface area contributed by atoms with Crippen molar-refractivity contribution >= 4 is 0 Å². The summed E-state index contributed by atoms with van der Waals surface area (Å²) in [7, 11) is 0. The molecule has 0 radical (unpaired) electrons. The van der Waals surface area contributed by atoms with E-state index in [-0.39, 0.29) is 11.6 Å². The topological polar surface area (TPSA) is 35.2 Å². The largest absolute Gasteiger partial charge is 0.487 e. The Labute approximate surface area is 121 Å². The van der Waals surface area contributed by atoms with Gasteiger partial charge in [0.2, 0.25) is 0 Å². The zero-order valence-electron chi connectivity index (χ0n) is 12.3. The fraction of sp³-hybridized carbons (Fsp3) is 0.667. The zero-order chi connectivity index (χ0) is 13.7. The average molecular weight is 271 g/mol. The molecular formula is C18H25NO. The lowest BCUT2D eigenvalue weighted by molar-refractivity contribution is -0.107. The van der Waals surface area contributed by atoms with Gasteiger partial charge in [-0.1, -0.05) is 12.1 Å². The standard InChI is InChI=1S/C18H25NO/c1-12(19)16-3-2-4-17(8-16)20-18-9-13-5-14(10-18)7-15(6-13)11-18/h2-4,8,12-15H,5-7,9-11,19H2,1H3. The third-order valence-electron chi connectivity index (χ3n) is 5.70. The average Bonchev–Trinajstić information content (AvgIpc) is 2.36. The van der Waals surface area contributed by atoms with Gasteiger partial charge in [-0.2, -0.15) is 0 Å². The van der Waals surface area contributed by atoms with Crippen LogP contribution in [0.15, 0.2) is 24.3 Å². The monoisotopic (exact) mass is 271 g/mol. The van der Waals surface area contributed by atoms with Crippen LogP contribution in [0.3, 0.4) is 0 Å². The highest BCUT2D eigenvalue weighted by Gasteiger charge is 2.52. The SMILES string of the molecule is CC(N)c1cccc(OC23CC4CC(CC(C4)C2)C3)c1. The van der Waals surface area contributed by atoms with Gasteiger partial charge in [-0.05, 0) is 80.9 Å². The highest BCUT2D eigenvalue weighted by atomic mass is 16.5. The molecule has 0 spiro atoms. The molecule has 2 nitrogen and oxygen atoms in total. The van der Waals surface area contributed by atoms with Gasteiger partial charge in [0.15, 0.2) is 0 Å². The first-order valence-electron chi connectivity index (χ1n) is 8.16. The third-order valence-corrected chi connectivity index (χ3v) is 5.70. The van der Waals surface area contributed by atoms with Gasteiger partial charge in [-0.25, -0.2) is 0 Å². The quantitative estimate of drug-likeness (QED) is 0.900. The first-order valence-corrected chi connectivity index (χ1v) is 8.16. The van der Waals surface area contributed by atoms with Crippen molar-refractivity contribution < 1.29 is 4.74 Å². The smallest absolute Gasteiger partial charge is 0.120 e. The van der Waals surface area contributed by atoms with Gasteiger partial charge in [0.25, 0.3) is 0 Å². The summed E-state index contributed by atoms with van der Waals surface area (Å²) in [6.45, 7) is 2.03. The summed E-state index contributed by atoms with van der Waals surface area (Å²) in [5.74, 6) is 3.82. The molecular weight excluding hydrogens is 246 g/mol. The van der Waals surface area contributed by atoms with Gasteiger partial charge < -0.3 is 10.5 Å². The molecule has 0 aromatic heterocycles. The van der Waals surface area contributed by atoms with Crippen LogP contribution < -0.4 is 10.5 Å². The third kappa shape index (κ3) is 2.14. The Morgan fingerprint density at radius 2 is 1.70 bits per heavy atom. The molecule has 1 aromatic rings. The molecule has 0 heterocycles. The van der Waals surface area contributed by atoms with Crippen molar-refractivity contribution in [1.82, 2.24) is 0 Å². The maximum Gasteiger partial charge on any atom is 0.120 e. The number of benzene rings is 1. The Hall–Kier alpha value is -1.02. The predicted molar refractivity (Wildman–Crippen MR) is 80.6 cm³/mol. The molecule has 4 aliphatic rings. The zero-order valence-corrected chi connectivity index (χ0v) is 12.3. The van der Waals surface area contributed by atoms with E-state index in [0.29, 0.717) is 0 Å². The second-order valence-corrected chi connectivity index (χ2v) is 7.56. The van der Waals surface area contributed by atoms with Crippen molar-refractivity contribution in [3.05, 3.63) is 29.8 Å². The Morgan fingerprint density at radius 3 is 2.25 bits per heavy atom. The van der Waals surface area contributed by atoms with Crippen molar-refractivity contribution in [3.8, 4) is 5.75 Å². The van der Waals surface area contributed by atoms with Crippen LogP contribution in [0.25, 0.3) is 0 Å². The van der Waals surface area contributed by atoms with Crippen LogP contribution in [0.5, 0.6) is 5.75 Å². The Bertz CT molecular complexity index is 473. The van der Waals surface area contributed by atoms with E-state index in [1.54, 1.807) is 0 Å². The van der Waals surface area contributed by atoms with Gasteiger partial charge in [0, 0.05) is 6.04 Å². The summed E-state index contributed by atoms with van der Waals surface area (Å²) in [4.78, 5) is 0. The summed E-state index contributed by atoms with van der Waals surface area (Å²) in [5.41, 5.74) is 7.31. The number of nitrogens with two attached hydrogens (primary N) is 1. The minimum Gasteiger partial charge on any atom is -0.487 e. The Morgan fingerprint density at radius 1 is 1.10 bits per heavy atom. The molecule has 4 saturated carbocycles. The first-order chi connectivity index (χ1) is 9.62. The summed E-state index contributed by atoms with van der Waals surface area (Å²) < 4.78 is 6.55. The van der Waals surface area contributed by atoms with E-state index in [4.69, 9.17) is 10.5 Å². The molecule has 1 unspecified atom stereocenters. The van der Waals surface area contributed by atoms with Crippen molar-refractivity contribution in [3.63, 3.8) is 0 Å². The van der Waals surface area contributed by atoms with Gasteiger partial charge in [0.1, 0.15) is 11.4 Å². The molecule has 2 N–H and O–H groups in total. The van der Waals surface area contributed by atoms with Crippen molar-refractivity contribution in [1.29, 1.82) is 0 Å². The molecule has 1 atom stereocenters. The highest BCUT2D eigenvalue weighted by molar-refractivity contribution is 5.31. The van der Waals surface area contributed by atoms with E-state index in [0.717, 1.165) is 23.5 Å². The summed E-state index contributed by atoms with van der Waals surface area (Å²) in [6, 6.07) is 8.49. The van der Waals surface area contributed by atoms with Gasteiger partial charge in [0.05, 0.1) is 0 Å².